The summed E-state index contributed by atoms with van der Waals surface area (Å²) in [5.41, 5.74) is 6.15. The zero-order valence-electron chi connectivity index (χ0n) is 17.1. The Bertz CT molecular complexity index is 1360. The maximum Gasteiger partial charge on any atom is 0.339 e. The Labute approximate surface area is 196 Å². The fourth-order valence-electron chi connectivity index (χ4n) is 4.12. The van der Waals surface area contributed by atoms with Crippen LogP contribution in [0.4, 0.5) is 0 Å². The van der Waals surface area contributed by atoms with Gasteiger partial charge in [0.1, 0.15) is 6.61 Å². The molecule has 3 nitrogen and oxygen atoms in total. The van der Waals surface area contributed by atoms with E-state index in [2.05, 4.69) is 18.2 Å². The van der Waals surface area contributed by atoms with Crippen LogP contribution in [-0.4, -0.2) is 11.0 Å². The molecule has 0 bridgehead atoms. The SMILES string of the molecule is O=C(OCc1ccc(Cl)cc1Cl)c1c2c(nc3ccccc13)C(=Cc1ccccc1)CC2. The third-order valence-electron chi connectivity index (χ3n) is 5.66. The Morgan fingerprint density at radius 3 is 2.56 bits per heavy atom. The molecule has 0 saturated heterocycles. The lowest BCUT2D eigenvalue weighted by Gasteiger charge is -2.13. The molecule has 5 heteroatoms. The van der Waals surface area contributed by atoms with Gasteiger partial charge in [0, 0.05) is 21.0 Å². The van der Waals surface area contributed by atoms with E-state index in [-0.39, 0.29) is 12.6 Å². The van der Waals surface area contributed by atoms with Gasteiger partial charge in [0.05, 0.1) is 16.8 Å². The number of benzene rings is 3. The monoisotopic (exact) mass is 459 g/mol. The average molecular weight is 460 g/mol. The molecular formula is C27H19Cl2NO2. The molecule has 32 heavy (non-hydrogen) atoms. The highest BCUT2D eigenvalue weighted by Crippen LogP contribution is 2.38. The molecule has 4 aromatic rings. The summed E-state index contributed by atoms with van der Waals surface area (Å²) in [6.45, 7) is 0.0764. The third-order valence-corrected chi connectivity index (χ3v) is 6.25. The van der Waals surface area contributed by atoms with Crippen molar-refractivity contribution < 1.29 is 9.53 Å². The number of hydrogen-bond donors (Lipinski definition) is 0. The molecule has 0 N–H and O–H groups in total. The van der Waals surface area contributed by atoms with Gasteiger partial charge < -0.3 is 4.74 Å². The molecule has 1 aliphatic rings. The second-order valence-electron chi connectivity index (χ2n) is 7.72. The van der Waals surface area contributed by atoms with E-state index in [1.807, 2.05) is 42.5 Å². The van der Waals surface area contributed by atoms with Crippen LogP contribution in [0.25, 0.3) is 22.6 Å². The summed E-state index contributed by atoms with van der Waals surface area (Å²) >= 11 is 12.2. The van der Waals surface area contributed by atoms with E-state index >= 15 is 0 Å². The number of fused-ring (bicyclic) bond motifs is 2. The maximum absolute atomic E-state index is 13.3. The molecule has 0 fully saturated rings. The van der Waals surface area contributed by atoms with Crippen LogP contribution in [0.5, 0.6) is 0 Å². The molecule has 0 atom stereocenters. The summed E-state index contributed by atoms with van der Waals surface area (Å²) in [7, 11) is 0. The van der Waals surface area contributed by atoms with Gasteiger partial charge in [-0.2, -0.15) is 0 Å². The highest BCUT2D eigenvalue weighted by atomic mass is 35.5. The summed E-state index contributed by atoms with van der Waals surface area (Å²) in [6, 6.07) is 23.0. The van der Waals surface area contributed by atoms with E-state index < -0.39 is 0 Å². The van der Waals surface area contributed by atoms with Gasteiger partial charge in [-0.15, -0.1) is 0 Å². The van der Waals surface area contributed by atoms with Crippen LogP contribution < -0.4 is 0 Å². The minimum absolute atomic E-state index is 0.0764. The van der Waals surface area contributed by atoms with Crippen molar-refractivity contribution in [2.24, 2.45) is 0 Å². The highest BCUT2D eigenvalue weighted by Gasteiger charge is 2.27. The molecular weight excluding hydrogens is 441 g/mol. The quantitative estimate of drug-likeness (QED) is 0.298. The van der Waals surface area contributed by atoms with Gasteiger partial charge >= 0.3 is 5.97 Å². The number of halogens is 2. The normalized spacial score (nSPS) is 14.0. The van der Waals surface area contributed by atoms with Gasteiger partial charge in [-0.05, 0) is 53.8 Å². The van der Waals surface area contributed by atoms with Crippen molar-refractivity contribution in [3.63, 3.8) is 0 Å². The van der Waals surface area contributed by atoms with Crippen molar-refractivity contribution in [2.75, 3.05) is 0 Å². The molecule has 0 aliphatic heterocycles. The Kier molecular flexibility index (Phi) is 5.69. The number of carbonyl (C=O) groups excluding carboxylic acids is 1. The minimum atomic E-state index is -0.369. The molecule has 0 amide bonds. The number of pyridine rings is 1. The molecule has 0 spiro atoms. The summed E-state index contributed by atoms with van der Waals surface area (Å²) in [4.78, 5) is 18.2. The minimum Gasteiger partial charge on any atom is -0.457 e. The van der Waals surface area contributed by atoms with E-state index in [4.69, 9.17) is 32.9 Å². The van der Waals surface area contributed by atoms with Crippen molar-refractivity contribution in [3.05, 3.63) is 111 Å². The van der Waals surface area contributed by atoms with Crippen molar-refractivity contribution >= 4 is 51.7 Å². The molecule has 158 valence electrons. The molecule has 1 aliphatic carbocycles. The fraction of sp³-hybridized carbons (Fsp3) is 0.111. The van der Waals surface area contributed by atoms with Gasteiger partial charge in [0.2, 0.25) is 0 Å². The first-order valence-electron chi connectivity index (χ1n) is 10.4. The summed E-state index contributed by atoms with van der Waals surface area (Å²) in [6.07, 6.45) is 3.73. The smallest absolute Gasteiger partial charge is 0.339 e. The van der Waals surface area contributed by atoms with Crippen molar-refractivity contribution in [3.8, 4) is 0 Å². The van der Waals surface area contributed by atoms with E-state index in [0.717, 1.165) is 46.1 Å². The van der Waals surface area contributed by atoms with E-state index in [0.29, 0.717) is 21.2 Å². The number of rotatable bonds is 4. The van der Waals surface area contributed by atoms with Crippen LogP contribution in [0, 0.1) is 0 Å². The summed E-state index contributed by atoms with van der Waals surface area (Å²) < 4.78 is 5.71. The van der Waals surface area contributed by atoms with Gasteiger partial charge in [-0.1, -0.05) is 77.8 Å². The molecule has 0 unspecified atom stereocenters. The van der Waals surface area contributed by atoms with E-state index in [9.17, 15) is 4.79 Å². The molecule has 3 aromatic carbocycles. The number of esters is 1. The number of allylic oxidation sites excluding steroid dienone is 1. The van der Waals surface area contributed by atoms with Crippen LogP contribution in [0.1, 0.15) is 39.2 Å². The van der Waals surface area contributed by atoms with Crippen LogP contribution in [0.3, 0.4) is 0 Å². The molecule has 1 heterocycles. The standard InChI is InChI=1S/C27H19Cl2NO2/c28-20-12-10-19(23(29)15-20)16-32-27(31)25-21-8-4-5-9-24(21)30-26-18(11-13-22(25)26)14-17-6-2-1-3-7-17/h1-10,12,14-15H,11,13,16H2. The second kappa shape index (κ2) is 8.78. The van der Waals surface area contributed by atoms with Gasteiger partial charge in [0.25, 0.3) is 0 Å². The number of para-hydroxylation sites is 1. The van der Waals surface area contributed by atoms with E-state index in [1.54, 1.807) is 18.2 Å². The third kappa shape index (κ3) is 4.02. The van der Waals surface area contributed by atoms with Crippen LogP contribution in [0.15, 0.2) is 72.8 Å². The van der Waals surface area contributed by atoms with Crippen LogP contribution in [-0.2, 0) is 17.8 Å². The molecule has 5 rings (SSSR count). The highest BCUT2D eigenvalue weighted by molar-refractivity contribution is 6.35. The predicted octanol–water partition coefficient (Wildman–Crippen LogP) is 7.39. The number of nitrogens with zero attached hydrogens (tertiary/aromatic N) is 1. The lowest BCUT2D eigenvalue weighted by Crippen LogP contribution is -2.10. The Morgan fingerprint density at radius 1 is 0.969 bits per heavy atom. The van der Waals surface area contributed by atoms with Gasteiger partial charge in [0.15, 0.2) is 0 Å². The topological polar surface area (TPSA) is 39.2 Å². The summed E-state index contributed by atoms with van der Waals surface area (Å²) in [5.74, 6) is -0.369. The average Bonchev–Trinajstić information content (AvgIpc) is 3.19. The van der Waals surface area contributed by atoms with Crippen LogP contribution >= 0.6 is 23.2 Å². The number of carbonyl (C=O) groups is 1. The second-order valence-corrected chi connectivity index (χ2v) is 8.57. The molecule has 1 aromatic heterocycles. The number of ether oxygens (including phenoxy) is 1. The lowest BCUT2D eigenvalue weighted by molar-refractivity contribution is 0.0474. The first kappa shape index (κ1) is 20.7. The largest absolute Gasteiger partial charge is 0.457 e. The number of hydrogen-bond acceptors (Lipinski definition) is 3. The Balaban J connectivity index is 1.54. The first-order valence-corrected chi connectivity index (χ1v) is 11.1. The van der Waals surface area contributed by atoms with E-state index in [1.165, 1.54) is 0 Å². The Hall–Kier alpha value is -3.14. The Morgan fingerprint density at radius 2 is 1.75 bits per heavy atom. The van der Waals surface area contributed by atoms with Crippen molar-refractivity contribution in [1.29, 1.82) is 0 Å². The summed E-state index contributed by atoms with van der Waals surface area (Å²) in [5, 5.41) is 1.82. The first-order chi connectivity index (χ1) is 15.6. The molecule has 0 radical (unpaired) electrons. The number of aromatic nitrogens is 1. The van der Waals surface area contributed by atoms with Crippen molar-refractivity contribution in [2.45, 2.75) is 19.4 Å². The zero-order valence-corrected chi connectivity index (χ0v) is 18.7. The zero-order chi connectivity index (χ0) is 22.1. The van der Waals surface area contributed by atoms with Gasteiger partial charge in [-0.25, -0.2) is 9.78 Å². The lowest BCUT2D eigenvalue weighted by atomic mass is 10.0. The van der Waals surface area contributed by atoms with Crippen molar-refractivity contribution in [1.82, 2.24) is 4.98 Å². The fourth-order valence-corrected chi connectivity index (χ4v) is 4.58. The maximum atomic E-state index is 13.3. The molecule has 0 saturated carbocycles. The van der Waals surface area contributed by atoms with Gasteiger partial charge in [-0.3, -0.25) is 0 Å². The predicted molar refractivity (Wildman–Crippen MR) is 130 cm³/mol. The van der Waals surface area contributed by atoms with Crippen LogP contribution in [0.2, 0.25) is 10.0 Å².